The van der Waals surface area contributed by atoms with Gasteiger partial charge in [0.25, 0.3) is 11.8 Å². The van der Waals surface area contributed by atoms with Crippen LogP contribution in [0.2, 0.25) is 5.02 Å². The van der Waals surface area contributed by atoms with E-state index in [0.717, 1.165) is 5.56 Å². The summed E-state index contributed by atoms with van der Waals surface area (Å²) in [6.07, 6.45) is 0. The number of benzene rings is 2. The van der Waals surface area contributed by atoms with Crippen molar-refractivity contribution in [1.29, 1.82) is 0 Å². The van der Waals surface area contributed by atoms with E-state index in [4.69, 9.17) is 33.3 Å². The maximum absolute atomic E-state index is 12.7. The fraction of sp³-hybridized carbons (Fsp3) is 0.286. The number of thiocarbonyl (C=S) groups is 1. The largest absolute Gasteiger partial charge is 0.484 e. The van der Waals surface area contributed by atoms with Crippen molar-refractivity contribution >= 4 is 46.4 Å². The summed E-state index contributed by atoms with van der Waals surface area (Å²) >= 11 is 11.4. The van der Waals surface area contributed by atoms with E-state index in [9.17, 15) is 9.59 Å². The molecule has 1 saturated heterocycles. The van der Waals surface area contributed by atoms with E-state index in [0.29, 0.717) is 48.3 Å². The van der Waals surface area contributed by atoms with Gasteiger partial charge in [0.1, 0.15) is 5.75 Å². The van der Waals surface area contributed by atoms with Crippen LogP contribution in [0, 0.1) is 6.92 Å². The van der Waals surface area contributed by atoms with E-state index >= 15 is 0 Å². The Kier molecular flexibility index (Phi) is 7.62. The van der Waals surface area contributed by atoms with Gasteiger partial charge in [-0.1, -0.05) is 23.7 Å². The summed E-state index contributed by atoms with van der Waals surface area (Å²) in [4.78, 5) is 26.5. The van der Waals surface area contributed by atoms with Crippen molar-refractivity contribution in [1.82, 2.24) is 10.2 Å². The standard InChI is InChI=1S/C21H22ClN3O4S/c1-14-3-2-4-16(11-14)29-13-19(26)24-21(30)23-18-12-15(5-6-17(18)22)20(27)25-7-9-28-10-8-25/h2-6,11-12H,7-10,13H2,1H3,(H2,23,24,26,30). The first kappa shape index (κ1) is 22.0. The zero-order chi connectivity index (χ0) is 21.5. The second-order valence-electron chi connectivity index (χ2n) is 6.71. The van der Waals surface area contributed by atoms with E-state index in [1.807, 2.05) is 25.1 Å². The summed E-state index contributed by atoms with van der Waals surface area (Å²) in [6, 6.07) is 12.3. The number of rotatable bonds is 5. The summed E-state index contributed by atoms with van der Waals surface area (Å²) in [5.74, 6) is 0.0756. The molecule has 7 nitrogen and oxygen atoms in total. The molecule has 2 aromatic carbocycles. The van der Waals surface area contributed by atoms with Crippen molar-refractivity contribution in [2.45, 2.75) is 6.92 Å². The quantitative estimate of drug-likeness (QED) is 0.686. The first-order valence-corrected chi connectivity index (χ1v) is 10.2. The van der Waals surface area contributed by atoms with Gasteiger partial charge in [-0.05, 0) is 55.0 Å². The molecule has 1 heterocycles. The Hall–Kier alpha value is -2.68. The van der Waals surface area contributed by atoms with E-state index in [1.165, 1.54) is 0 Å². The molecule has 0 unspecified atom stereocenters. The van der Waals surface area contributed by atoms with Crippen molar-refractivity contribution in [3.63, 3.8) is 0 Å². The van der Waals surface area contributed by atoms with Gasteiger partial charge in [0.15, 0.2) is 11.7 Å². The van der Waals surface area contributed by atoms with Gasteiger partial charge in [-0.25, -0.2) is 0 Å². The Morgan fingerprint density at radius 3 is 2.70 bits per heavy atom. The Morgan fingerprint density at radius 2 is 1.97 bits per heavy atom. The summed E-state index contributed by atoms with van der Waals surface area (Å²) in [5, 5.41) is 5.84. The molecular formula is C21H22ClN3O4S. The average Bonchev–Trinajstić information content (AvgIpc) is 2.74. The molecule has 1 fully saturated rings. The molecule has 0 spiro atoms. The third-order valence-corrected chi connectivity index (χ3v) is 4.91. The fourth-order valence-corrected chi connectivity index (χ4v) is 3.26. The number of carbonyl (C=O) groups excluding carboxylic acids is 2. The second kappa shape index (κ2) is 10.4. The van der Waals surface area contributed by atoms with Gasteiger partial charge >= 0.3 is 0 Å². The van der Waals surface area contributed by atoms with Crippen LogP contribution < -0.4 is 15.4 Å². The Morgan fingerprint density at radius 1 is 1.20 bits per heavy atom. The van der Waals surface area contributed by atoms with Crippen LogP contribution in [0.15, 0.2) is 42.5 Å². The van der Waals surface area contributed by atoms with Gasteiger partial charge in [0.2, 0.25) is 0 Å². The molecule has 0 atom stereocenters. The lowest BCUT2D eigenvalue weighted by molar-refractivity contribution is -0.121. The molecule has 3 rings (SSSR count). The number of hydrogen-bond donors (Lipinski definition) is 2. The number of halogens is 1. The lowest BCUT2D eigenvalue weighted by atomic mass is 10.1. The van der Waals surface area contributed by atoms with Gasteiger partial charge in [-0.2, -0.15) is 0 Å². The summed E-state index contributed by atoms with van der Waals surface area (Å²) < 4.78 is 10.7. The normalized spacial score (nSPS) is 13.5. The molecule has 0 radical (unpaired) electrons. The molecule has 0 bridgehead atoms. The summed E-state index contributed by atoms with van der Waals surface area (Å²) in [7, 11) is 0. The Labute approximate surface area is 185 Å². The van der Waals surface area contributed by atoms with Crippen molar-refractivity contribution < 1.29 is 19.1 Å². The number of hydrogen-bond acceptors (Lipinski definition) is 5. The number of amides is 2. The monoisotopic (exact) mass is 447 g/mol. The van der Waals surface area contributed by atoms with Crippen LogP contribution >= 0.6 is 23.8 Å². The van der Waals surface area contributed by atoms with Crippen LogP contribution in [0.1, 0.15) is 15.9 Å². The van der Waals surface area contributed by atoms with Crippen LogP contribution in [0.5, 0.6) is 5.75 Å². The van der Waals surface area contributed by atoms with Gasteiger partial charge in [0.05, 0.1) is 23.9 Å². The number of anilines is 1. The SMILES string of the molecule is Cc1cccc(OCC(=O)NC(=S)Nc2cc(C(=O)N3CCOCC3)ccc2Cl)c1. The third kappa shape index (κ3) is 6.16. The lowest BCUT2D eigenvalue weighted by Crippen LogP contribution is -2.40. The minimum absolute atomic E-state index is 0.0608. The zero-order valence-corrected chi connectivity index (χ0v) is 18.0. The molecule has 0 aliphatic carbocycles. The number of carbonyl (C=O) groups is 2. The summed E-state index contributed by atoms with van der Waals surface area (Å²) in [6.45, 7) is 3.87. The molecule has 30 heavy (non-hydrogen) atoms. The highest BCUT2D eigenvalue weighted by Crippen LogP contribution is 2.24. The Balaban J connectivity index is 1.56. The van der Waals surface area contributed by atoms with Gasteiger partial charge in [-0.3, -0.25) is 14.9 Å². The van der Waals surface area contributed by atoms with Crippen LogP contribution in [0.25, 0.3) is 0 Å². The number of nitrogens with one attached hydrogen (secondary N) is 2. The van der Waals surface area contributed by atoms with E-state index in [-0.39, 0.29) is 17.6 Å². The fourth-order valence-electron chi connectivity index (χ4n) is 2.87. The second-order valence-corrected chi connectivity index (χ2v) is 7.52. The smallest absolute Gasteiger partial charge is 0.264 e. The predicted octanol–water partition coefficient (Wildman–Crippen LogP) is 3.01. The molecule has 1 aliphatic rings. The Bertz CT molecular complexity index is 948. The highest BCUT2D eigenvalue weighted by Gasteiger charge is 2.19. The lowest BCUT2D eigenvalue weighted by Gasteiger charge is -2.27. The van der Waals surface area contributed by atoms with E-state index in [2.05, 4.69) is 10.6 Å². The highest BCUT2D eigenvalue weighted by atomic mass is 35.5. The van der Waals surface area contributed by atoms with Gasteiger partial charge in [0, 0.05) is 18.7 Å². The predicted molar refractivity (Wildman–Crippen MR) is 119 cm³/mol. The highest BCUT2D eigenvalue weighted by molar-refractivity contribution is 7.80. The maximum Gasteiger partial charge on any atom is 0.264 e. The molecule has 9 heteroatoms. The van der Waals surface area contributed by atoms with Crippen molar-refractivity contribution in [3.05, 3.63) is 58.6 Å². The van der Waals surface area contributed by atoms with Crippen molar-refractivity contribution in [2.24, 2.45) is 0 Å². The topological polar surface area (TPSA) is 79.9 Å². The van der Waals surface area contributed by atoms with E-state index in [1.54, 1.807) is 29.2 Å². The van der Waals surface area contributed by atoms with Crippen molar-refractivity contribution in [3.8, 4) is 5.75 Å². The van der Waals surface area contributed by atoms with Crippen LogP contribution in [-0.4, -0.2) is 54.7 Å². The minimum atomic E-state index is -0.411. The third-order valence-electron chi connectivity index (χ3n) is 4.37. The minimum Gasteiger partial charge on any atom is -0.484 e. The molecule has 0 saturated carbocycles. The number of morpholine rings is 1. The molecule has 0 aromatic heterocycles. The molecular weight excluding hydrogens is 426 g/mol. The van der Waals surface area contributed by atoms with Crippen molar-refractivity contribution in [2.75, 3.05) is 38.2 Å². The molecule has 2 N–H and O–H groups in total. The van der Waals surface area contributed by atoms with Crippen LogP contribution in [-0.2, 0) is 9.53 Å². The maximum atomic E-state index is 12.7. The molecule has 158 valence electrons. The first-order valence-electron chi connectivity index (χ1n) is 9.39. The molecule has 2 amide bonds. The van der Waals surface area contributed by atoms with Gasteiger partial charge < -0.3 is 19.7 Å². The average molecular weight is 448 g/mol. The first-order chi connectivity index (χ1) is 14.4. The number of ether oxygens (including phenoxy) is 2. The summed E-state index contributed by atoms with van der Waals surface area (Å²) in [5.41, 5.74) is 1.94. The van der Waals surface area contributed by atoms with Crippen LogP contribution in [0.3, 0.4) is 0 Å². The van der Waals surface area contributed by atoms with Gasteiger partial charge in [-0.15, -0.1) is 0 Å². The number of nitrogens with zero attached hydrogens (tertiary/aromatic N) is 1. The van der Waals surface area contributed by atoms with Crippen LogP contribution in [0.4, 0.5) is 5.69 Å². The van der Waals surface area contributed by atoms with E-state index < -0.39 is 5.91 Å². The molecule has 1 aliphatic heterocycles. The number of aryl methyl sites for hydroxylation is 1. The zero-order valence-electron chi connectivity index (χ0n) is 16.4. The molecule has 2 aromatic rings.